The molecular formula is C19H19N3O4. The minimum absolute atomic E-state index is 0.0988. The highest BCUT2D eigenvalue weighted by molar-refractivity contribution is 5.92. The lowest BCUT2D eigenvalue weighted by Gasteiger charge is -2.08. The molecule has 26 heavy (non-hydrogen) atoms. The molecule has 0 saturated heterocycles. The Hall–Kier alpha value is -3.35. The van der Waals surface area contributed by atoms with Crippen molar-refractivity contribution in [1.29, 1.82) is 0 Å². The molecule has 1 heterocycles. The highest BCUT2D eigenvalue weighted by Crippen LogP contribution is 2.21. The lowest BCUT2D eigenvalue weighted by Crippen LogP contribution is -2.20. The van der Waals surface area contributed by atoms with E-state index in [1.165, 1.54) is 0 Å². The van der Waals surface area contributed by atoms with Crippen LogP contribution in [0.15, 0.2) is 52.9 Å². The van der Waals surface area contributed by atoms with Gasteiger partial charge in [0.05, 0.1) is 7.11 Å². The molecular weight excluding hydrogens is 334 g/mol. The Bertz CT molecular complexity index is 875. The van der Waals surface area contributed by atoms with Crippen molar-refractivity contribution in [2.75, 3.05) is 19.0 Å². The van der Waals surface area contributed by atoms with Crippen LogP contribution in [0.5, 0.6) is 11.5 Å². The first kappa shape index (κ1) is 17.5. The smallest absolute Gasteiger partial charge is 0.262 e. The number of nitrogens with one attached hydrogen (secondary N) is 1. The molecule has 0 atom stereocenters. The first-order valence-corrected chi connectivity index (χ1v) is 8.17. The number of nitrogens with zero attached hydrogens (tertiary/aromatic N) is 2. The summed E-state index contributed by atoms with van der Waals surface area (Å²) in [5.74, 6) is 2.03. The molecule has 0 unspecified atom stereocenters. The minimum atomic E-state index is -0.258. The van der Waals surface area contributed by atoms with Gasteiger partial charge in [0, 0.05) is 23.7 Å². The van der Waals surface area contributed by atoms with Crippen molar-refractivity contribution in [3.63, 3.8) is 0 Å². The van der Waals surface area contributed by atoms with Gasteiger partial charge in [0.1, 0.15) is 11.5 Å². The summed E-state index contributed by atoms with van der Waals surface area (Å²) in [5.41, 5.74) is 1.45. The van der Waals surface area contributed by atoms with E-state index in [2.05, 4.69) is 15.5 Å². The quantitative estimate of drug-likeness (QED) is 0.701. The number of aryl methyl sites for hydroxylation is 1. The molecule has 3 rings (SSSR count). The summed E-state index contributed by atoms with van der Waals surface area (Å²) in [6, 6.07) is 14.3. The van der Waals surface area contributed by atoms with E-state index in [0.717, 1.165) is 5.56 Å². The third-order valence-corrected chi connectivity index (χ3v) is 3.60. The van der Waals surface area contributed by atoms with Crippen LogP contribution in [0.2, 0.25) is 0 Å². The van der Waals surface area contributed by atoms with E-state index in [1.807, 2.05) is 19.1 Å². The second kappa shape index (κ2) is 8.15. The van der Waals surface area contributed by atoms with E-state index in [-0.39, 0.29) is 12.5 Å². The summed E-state index contributed by atoms with van der Waals surface area (Å²) in [7, 11) is 1.58. The molecule has 0 saturated carbocycles. The maximum absolute atomic E-state index is 12.0. The van der Waals surface area contributed by atoms with Crippen molar-refractivity contribution in [1.82, 2.24) is 10.2 Å². The highest BCUT2D eigenvalue weighted by Gasteiger charge is 2.08. The number of benzene rings is 2. The van der Waals surface area contributed by atoms with Gasteiger partial charge in [0.25, 0.3) is 5.91 Å². The van der Waals surface area contributed by atoms with Crippen molar-refractivity contribution < 1.29 is 18.7 Å². The number of hydrogen-bond donors (Lipinski definition) is 1. The lowest BCUT2D eigenvalue weighted by atomic mass is 10.2. The van der Waals surface area contributed by atoms with E-state index < -0.39 is 0 Å². The highest BCUT2D eigenvalue weighted by atomic mass is 16.5. The molecule has 0 aliphatic rings. The van der Waals surface area contributed by atoms with Crippen LogP contribution in [0.3, 0.4) is 0 Å². The van der Waals surface area contributed by atoms with Crippen molar-refractivity contribution >= 4 is 11.6 Å². The summed E-state index contributed by atoms with van der Waals surface area (Å²) in [6.45, 7) is 1.85. The third-order valence-electron chi connectivity index (χ3n) is 3.60. The van der Waals surface area contributed by atoms with Crippen LogP contribution < -0.4 is 14.8 Å². The van der Waals surface area contributed by atoms with Gasteiger partial charge in [-0.25, -0.2) is 0 Å². The van der Waals surface area contributed by atoms with Gasteiger partial charge in [-0.05, 0) is 36.4 Å². The summed E-state index contributed by atoms with van der Waals surface area (Å²) in [4.78, 5) is 12.0. The number of rotatable bonds is 7. The molecule has 0 bridgehead atoms. The monoisotopic (exact) mass is 353 g/mol. The maximum atomic E-state index is 12.0. The number of ether oxygens (including phenoxy) is 2. The van der Waals surface area contributed by atoms with Gasteiger partial charge in [0.2, 0.25) is 11.8 Å². The van der Waals surface area contributed by atoms with Crippen LogP contribution in [0.1, 0.15) is 12.8 Å². The van der Waals surface area contributed by atoms with Gasteiger partial charge >= 0.3 is 0 Å². The Labute approximate surface area is 151 Å². The molecule has 1 N–H and O–H groups in total. The van der Waals surface area contributed by atoms with Crippen LogP contribution in [-0.2, 0) is 11.2 Å². The predicted octanol–water partition coefficient (Wildman–Crippen LogP) is 3.33. The van der Waals surface area contributed by atoms with Crippen molar-refractivity contribution in [2.45, 2.75) is 13.3 Å². The Kier molecular flexibility index (Phi) is 5.48. The van der Waals surface area contributed by atoms with Gasteiger partial charge in [-0.2, -0.15) is 0 Å². The normalized spacial score (nSPS) is 10.4. The van der Waals surface area contributed by atoms with Crippen LogP contribution in [-0.4, -0.2) is 29.8 Å². The fourth-order valence-corrected chi connectivity index (χ4v) is 2.25. The van der Waals surface area contributed by atoms with Crippen molar-refractivity contribution in [2.24, 2.45) is 0 Å². The lowest BCUT2D eigenvalue weighted by molar-refractivity contribution is -0.118. The Morgan fingerprint density at radius 2 is 1.88 bits per heavy atom. The number of carbonyl (C=O) groups excluding carboxylic acids is 1. The summed E-state index contributed by atoms with van der Waals surface area (Å²) >= 11 is 0. The fraction of sp³-hybridized carbons (Fsp3) is 0.211. The summed E-state index contributed by atoms with van der Waals surface area (Å²) < 4.78 is 16.1. The summed E-state index contributed by atoms with van der Waals surface area (Å²) in [6.07, 6.45) is 0.689. The Balaban J connectivity index is 1.55. The van der Waals surface area contributed by atoms with E-state index in [0.29, 0.717) is 35.4 Å². The number of anilines is 1. The van der Waals surface area contributed by atoms with Gasteiger partial charge < -0.3 is 19.2 Å². The zero-order valence-electron chi connectivity index (χ0n) is 14.6. The number of amides is 1. The van der Waals surface area contributed by atoms with Crippen molar-refractivity contribution in [3.05, 3.63) is 54.4 Å². The van der Waals surface area contributed by atoms with Crippen LogP contribution in [0, 0.1) is 0 Å². The van der Waals surface area contributed by atoms with Gasteiger partial charge in [-0.1, -0.05) is 13.0 Å². The second-order valence-corrected chi connectivity index (χ2v) is 5.45. The zero-order valence-corrected chi connectivity index (χ0v) is 14.6. The molecule has 2 aromatic carbocycles. The molecule has 1 aromatic heterocycles. The number of carbonyl (C=O) groups is 1. The first-order chi connectivity index (χ1) is 12.7. The standard InChI is InChI=1S/C19H19N3O4/c1-3-18-21-22-19(26-18)13-7-9-14(10-8-13)20-17(23)12-25-16-6-4-5-15(11-16)24-2/h4-11H,3,12H2,1-2H3,(H,20,23). The molecule has 0 spiro atoms. The topological polar surface area (TPSA) is 86.5 Å². The molecule has 134 valence electrons. The zero-order chi connectivity index (χ0) is 18.4. The van der Waals surface area contributed by atoms with Gasteiger partial charge in [0.15, 0.2) is 6.61 Å². The molecule has 7 nitrogen and oxygen atoms in total. The Morgan fingerprint density at radius 1 is 1.12 bits per heavy atom. The number of hydrogen-bond acceptors (Lipinski definition) is 6. The number of aromatic nitrogens is 2. The number of methoxy groups -OCH3 is 1. The SMILES string of the molecule is CCc1nnc(-c2ccc(NC(=O)COc3cccc(OC)c3)cc2)o1. The maximum Gasteiger partial charge on any atom is 0.262 e. The fourth-order valence-electron chi connectivity index (χ4n) is 2.25. The van der Waals surface area contributed by atoms with E-state index in [9.17, 15) is 4.79 Å². The summed E-state index contributed by atoms with van der Waals surface area (Å²) in [5, 5.41) is 10.7. The molecule has 3 aromatic rings. The van der Waals surface area contributed by atoms with Crippen LogP contribution in [0.4, 0.5) is 5.69 Å². The van der Waals surface area contributed by atoms with Crippen molar-refractivity contribution in [3.8, 4) is 23.0 Å². The first-order valence-electron chi connectivity index (χ1n) is 8.17. The third kappa shape index (κ3) is 4.38. The average Bonchev–Trinajstić information content (AvgIpc) is 3.16. The minimum Gasteiger partial charge on any atom is -0.497 e. The molecule has 0 radical (unpaired) electrons. The van der Waals surface area contributed by atoms with Crippen LogP contribution in [0.25, 0.3) is 11.5 Å². The predicted molar refractivity (Wildman–Crippen MR) is 96.2 cm³/mol. The molecule has 0 aliphatic heterocycles. The van der Waals surface area contributed by atoms with Gasteiger partial charge in [-0.15, -0.1) is 10.2 Å². The average molecular weight is 353 g/mol. The molecule has 1 amide bonds. The molecule has 7 heteroatoms. The van der Waals surface area contributed by atoms with Gasteiger partial charge in [-0.3, -0.25) is 4.79 Å². The molecule has 0 aliphatic carbocycles. The second-order valence-electron chi connectivity index (χ2n) is 5.45. The van der Waals surface area contributed by atoms with E-state index in [1.54, 1.807) is 43.5 Å². The van der Waals surface area contributed by atoms with Crippen LogP contribution >= 0.6 is 0 Å². The van der Waals surface area contributed by atoms with E-state index in [4.69, 9.17) is 13.9 Å². The van der Waals surface area contributed by atoms with E-state index >= 15 is 0 Å². The Morgan fingerprint density at radius 3 is 2.58 bits per heavy atom. The molecule has 0 fully saturated rings. The largest absolute Gasteiger partial charge is 0.497 e.